The van der Waals surface area contributed by atoms with Crippen LogP contribution in [0.5, 0.6) is 0 Å². The highest BCUT2D eigenvalue weighted by molar-refractivity contribution is 14.1. The number of thiophene rings is 1. The minimum atomic E-state index is 0.190. The first kappa shape index (κ1) is 12.1. The molecule has 0 bridgehead atoms. The van der Waals surface area contributed by atoms with E-state index in [4.69, 9.17) is 0 Å². The number of imidazole rings is 1. The van der Waals surface area contributed by atoms with E-state index in [1.54, 1.807) is 11.3 Å². The third kappa shape index (κ3) is 2.31. The highest BCUT2D eigenvalue weighted by atomic mass is 127. The van der Waals surface area contributed by atoms with Crippen molar-refractivity contribution < 1.29 is 0 Å². The van der Waals surface area contributed by atoms with Gasteiger partial charge in [0.2, 0.25) is 0 Å². The van der Waals surface area contributed by atoms with Gasteiger partial charge in [-0.05, 0) is 53.6 Å². The normalized spacial score (nSPS) is 12.9. The number of halogens is 1. The van der Waals surface area contributed by atoms with Crippen LogP contribution < -0.4 is 5.32 Å². The topological polar surface area (TPSA) is 29.9 Å². The molecule has 0 saturated heterocycles. The molecule has 1 N–H and O–H groups in total. The Hall–Kier alpha value is -0.400. The van der Waals surface area contributed by atoms with E-state index in [-0.39, 0.29) is 6.04 Å². The van der Waals surface area contributed by atoms with Crippen molar-refractivity contribution in [2.75, 3.05) is 7.05 Å². The minimum Gasteiger partial charge on any atom is -0.334 e. The van der Waals surface area contributed by atoms with Gasteiger partial charge in [0.05, 0.1) is 8.93 Å². The van der Waals surface area contributed by atoms with Crippen LogP contribution in [0.2, 0.25) is 0 Å². The van der Waals surface area contributed by atoms with E-state index in [1.165, 1.54) is 8.45 Å². The molecule has 0 aliphatic rings. The van der Waals surface area contributed by atoms with Gasteiger partial charge in [-0.25, -0.2) is 4.98 Å². The lowest BCUT2D eigenvalue weighted by Gasteiger charge is -2.15. The molecule has 3 nitrogen and oxygen atoms in total. The van der Waals surface area contributed by atoms with Crippen LogP contribution in [0, 0.1) is 2.88 Å². The number of nitrogens with zero attached hydrogens (tertiary/aromatic N) is 2. The van der Waals surface area contributed by atoms with Crippen LogP contribution >= 0.6 is 33.9 Å². The Morgan fingerprint density at radius 2 is 2.44 bits per heavy atom. The zero-order valence-corrected chi connectivity index (χ0v) is 12.2. The van der Waals surface area contributed by atoms with E-state index in [0.717, 1.165) is 12.4 Å². The smallest absolute Gasteiger partial charge is 0.130 e. The second-order valence-electron chi connectivity index (χ2n) is 3.48. The molecule has 0 aromatic carbocycles. The standard InChI is InChI=1S/C11H14IN3S/c1-3-15-5-4-14-11(15)10(13-2)8-6-9(12)16-7-8/h4-7,10,13H,3H2,1-2H3. The van der Waals surface area contributed by atoms with E-state index in [9.17, 15) is 0 Å². The zero-order valence-electron chi connectivity index (χ0n) is 9.27. The summed E-state index contributed by atoms with van der Waals surface area (Å²) in [6, 6.07) is 2.40. The predicted molar refractivity (Wildman–Crippen MR) is 75.8 cm³/mol. The van der Waals surface area contributed by atoms with E-state index < -0.39 is 0 Å². The summed E-state index contributed by atoms with van der Waals surface area (Å²) in [6.07, 6.45) is 3.89. The Bertz CT molecular complexity index is 463. The van der Waals surface area contributed by atoms with E-state index in [1.807, 2.05) is 19.4 Å². The number of hydrogen-bond donors (Lipinski definition) is 1. The van der Waals surface area contributed by atoms with Gasteiger partial charge in [0.1, 0.15) is 5.82 Å². The van der Waals surface area contributed by atoms with Crippen LogP contribution in [0.15, 0.2) is 23.8 Å². The Kier molecular flexibility index (Phi) is 3.99. The van der Waals surface area contributed by atoms with E-state index in [0.29, 0.717) is 0 Å². The average molecular weight is 347 g/mol. The lowest BCUT2D eigenvalue weighted by atomic mass is 10.1. The van der Waals surface area contributed by atoms with E-state index >= 15 is 0 Å². The number of rotatable bonds is 4. The first-order valence-electron chi connectivity index (χ1n) is 5.18. The number of aromatic nitrogens is 2. The third-order valence-electron chi connectivity index (χ3n) is 2.56. The summed E-state index contributed by atoms with van der Waals surface area (Å²) in [5.74, 6) is 1.08. The number of hydrogen-bond acceptors (Lipinski definition) is 3. The second kappa shape index (κ2) is 5.29. The lowest BCUT2D eigenvalue weighted by Crippen LogP contribution is -2.21. The molecule has 0 aliphatic heterocycles. The Balaban J connectivity index is 2.36. The molecule has 86 valence electrons. The highest BCUT2D eigenvalue weighted by Gasteiger charge is 2.17. The summed E-state index contributed by atoms with van der Waals surface area (Å²) in [6.45, 7) is 3.09. The summed E-state index contributed by atoms with van der Waals surface area (Å²) in [4.78, 5) is 4.45. The quantitative estimate of drug-likeness (QED) is 0.862. The molecule has 5 heteroatoms. The summed E-state index contributed by atoms with van der Waals surface area (Å²) in [5, 5.41) is 5.52. The Morgan fingerprint density at radius 1 is 1.62 bits per heavy atom. The van der Waals surface area contributed by atoms with Gasteiger partial charge in [-0.1, -0.05) is 0 Å². The molecule has 0 saturated carbocycles. The first-order valence-corrected chi connectivity index (χ1v) is 7.14. The SMILES string of the molecule is CCn1ccnc1C(NC)c1csc(I)c1. The van der Waals surface area contributed by atoms with Crippen molar-refractivity contribution in [3.63, 3.8) is 0 Å². The van der Waals surface area contributed by atoms with Gasteiger partial charge in [0.25, 0.3) is 0 Å². The summed E-state index contributed by atoms with van der Waals surface area (Å²) < 4.78 is 3.48. The van der Waals surface area contributed by atoms with Crippen LogP contribution in [0.1, 0.15) is 24.4 Å². The second-order valence-corrected chi connectivity index (χ2v) is 6.28. The lowest BCUT2D eigenvalue weighted by molar-refractivity contribution is 0.591. The fraction of sp³-hybridized carbons (Fsp3) is 0.364. The first-order chi connectivity index (χ1) is 7.76. The molecule has 2 aromatic rings. The fourth-order valence-electron chi connectivity index (χ4n) is 1.77. The monoisotopic (exact) mass is 347 g/mol. The molecule has 0 radical (unpaired) electrons. The molecule has 0 aliphatic carbocycles. The largest absolute Gasteiger partial charge is 0.334 e. The van der Waals surface area contributed by atoms with Crippen LogP contribution in [-0.2, 0) is 6.54 Å². The van der Waals surface area contributed by atoms with Gasteiger partial charge >= 0.3 is 0 Å². The molecule has 0 amide bonds. The van der Waals surface area contributed by atoms with Gasteiger partial charge in [-0.2, -0.15) is 0 Å². The summed E-state index contributed by atoms with van der Waals surface area (Å²) in [5.41, 5.74) is 1.29. The van der Waals surface area contributed by atoms with Gasteiger partial charge in [-0.15, -0.1) is 11.3 Å². The van der Waals surface area contributed by atoms with Crippen LogP contribution in [0.4, 0.5) is 0 Å². The van der Waals surface area contributed by atoms with Crippen LogP contribution in [-0.4, -0.2) is 16.6 Å². The Morgan fingerprint density at radius 3 is 3.00 bits per heavy atom. The van der Waals surface area contributed by atoms with Crippen molar-refractivity contribution in [2.24, 2.45) is 0 Å². The number of nitrogens with one attached hydrogen (secondary N) is 1. The third-order valence-corrected chi connectivity index (χ3v) is 4.36. The fourth-order valence-corrected chi connectivity index (χ4v) is 3.17. The molecule has 1 atom stereocenters. The molecular weight excluding hydrogens is 333 g/mol. The van der Waals surface area contributed by atoms with Gasteiger partial charge < -0.3 is 9.88 Å². The molecule has 0 spiro atoms. The van der Waals surface area contributed by atoms with E-state index in [2.05, 4.69) is 55.8 Å². The van der Waals surface area contributed by atoms with Crippen molar-refractivity contribution in [3.05, 3.63) is 38.1 Å². The van der Waals surface area contributed by atoms with Gasteiger partial charge in [0.15, 0.2) is 0 Å². The van der Waals surface area contributed by atoms with Crippen molar-refractivity contribution in [1.82, 2.24) is 14.9 Å². The summed E-state index contributed by atoms with van der Waals surface area (Å²) in [7, 11) is 1.98. The van der Waals surface area contributed by atoms with Gasteiger partial charge in [-0.3, -0.25) is 0 Å². The Labute approximate surface area is 113 Å². The number of aryl methyl sites for hydroxylation is 1. The summed E-state index contributed by atoms with van der Waals surface area (Å²) >= 11 is 4.12. The van der Waals surface area contributed by atoms with Crippen molar-refractivity contribution in [1.29, 1.82) is 0 Å². The maximum absolute atomic E-state index is 4.45. The zero-order chi connectivity index (χ0) is 11.5. The average Bonchev–Trinajstić information content (AvgIpc) is 2.89. The minimum absolute atomic E-state index is 0.190. The van der Waals surface area contributed by atoms with Crippen molar-refractivity contribution >= 4 is 33.9 Å². The van der Waals surface area contributed by atoms with Crippen LogP contribution in [0.25, 0.3) is 0 Å². The molecule has 2 aromatic heterocycles. The molecular formula is C11H14IN3S. The maximum Gasteiger partial charge on any atom is 0.130 e. The van der Waals surface area contributed by atoms with Gasteiger partial charge in [0, 0.05) is 18.9 Å². The van der Waals surface area contributed by atoms with Crippen molar-refractivity contribution in [3.8, 4) is 0 Å². The predicted octanol–water partition coefficient (Wildman–Crippen LogP) is 2.88. The molecule has 2 heterocycles. The van der Waals surface area contributed by atoms with Crippen molar-refractivity contribution in [2.45, 2.75) is 19.5 Å². The molecule has 16 heavy (non-hydrogen) atoms. The highest BCUT2D eigenvalue weighted by Crippen LogP contribution is 2.26. The van der Waals surface area contributed by atoms with Crippen LogP contribution in [0.3, 0.4) is 0 Å². The maximum atomic E-state index is 4.45. The molecule has 1 unspecified atom stereocenters. The molecule has 2 rings (SSSR count). The molecule has 0 fully saturated rings.